The minimum absolute atomic E-state index is 0.0760. The van der Waals surface area contributed by atoms with Crippen LogP contribution in [0.25, 0.3) is 0 Å². The molecule has 2 aliphatic rings. The van der Waals surface area contributed by atoms with E-state index in [1.807, 2.05) is 14.1 Å². The van der Waals surface area contributed by atoms with E-state index >= 15 is 0 Å². The molecule has 3 amide bonds. The normalized spacial score (nSPS) is 23.5. The molecule has 2 aromatic carbocycles. The summed E-state index contributed by atoms with van der Waals surface area (Å²) in [6.45, 7) is 1.10. The van der Waals surface area contributed by atoms with E-state index in [0.29, 0.717) is 12.0 Å². The number of nitrogens with zero attached hydrogens (tertiary/aromatic N) is 2. The first-order valence-corrected chi connectivity index (χ1v) is 12.3. The second-order valence-electron chi connectivity index (χ2n) is 9.84. The van der Waals surface area contributed by atoms with Gasteiger partial charge in [0.2, 0.25) is 17.7 Å². The topological polar surface area (TPSA) is 102 Å². The fourth-order valence-electron chi connectivity index (χ4n) is 5.11. The molecular formula is C27H33FN4O4. The maximum Gasteiger partial charge on any atom is 0.246 e. The number of hydrogen-bond acceptors (Lipinski definition) is 5. The van der Waals surface area contributed by atoms with Gasteiger partial charge in [0.25, 0.3) is 0 Å². The number of halogens is 1. The number of carbonyl (C=O) groups excluding carboxylic acids is 3. The van der Waals surface area contributed by atoms with Crippen LogP contribution in [0.4, 0.5) is 4.39 Å². The van der Waals surface area contributed by atoms with E-state index in [0.717, 1.165) is 24.9 Å². The summed E-state index contributed by atoms with van der Waals surface area (Å²) in [5.74, 6) is -1.64. The average Bonchev–Trinajstić information content (AvgIpc) is 3.26. The minimum atomic E-state index is -0.740. The largest absolute Gasteiger partial charge is 0.508 e. The second kappa shape index (κ2) is 11.1. The zero-order valence-electron chi connectivity index (χ0n) is 20.6. The number of phenolic OH excluding ortho intramolecular Hbond substituents is 1. The average molecular weight is 497 g/mol. The standard InChI is InChI=1S/C27H33FN4O4/c1-31(2)14-4-3-5-22-27(36)32-23(26(35)30-22)15-21(24(32)18-8-12-20(33)13-9-18)25(34)29-16-17-6-10-19(28)11-7-17/h6-13,21-24,33H,3-5,14-16H2,1-2H3,(H,29,34)(H,30,35)/t21-,22+,23-,24-/m1/s1. The number of hydrogen-bond donors (Lipinski definition) is 3. The third-order valence-electron chi connectivity index (χ3n) is 6.97. The Morgan fingerprint density at radius 2 is 1.81 bits per heavy atom. The van der Waals surface area contributed by atoms with Crippen LogP contribution in [-0.4, -0.2) is 65.4 Å². The molecule has 36 heavy (non-hydrogen) atoms. The van der Waals surface area contributed by atoms with Crippen molar-refractivity contribution in [3.8, 4) is 5.75 Å². The monoisotopic (exact) mass is 496 g/mol. The van der Waals surface area contributed by atoms with Gasteiger partial charge in [-0.2, -0.15) is 0 Å². The van der Waals surface area contributed by atoms with Crippen LogP contribution in [0.3, 0.4) is 0 Å². The number of piperazine rings is 1. The first kappa shape index (κ1) is 25.6. The molecule has 0 spiro atoms. The van der Waals surface area contributed by atoms with Gasteiger partial charge in [0.1, 0.15) is 23.7 Å². The smallest absolute Gasteiger partial charge is 0.246 e. The predicted molar refractivity (Wildman–Crippen MR) is 132 cm³/mol. The van der Waals surface area contributed by atoms with Crippen LogP contribution in [0.1, 0.15) is 42.9 Å². The van der Waals surface area contributed by atoms with Crippen molar-refractivity contribution in [2.45, 2.75) is 50.4 Å². The van der Waals surface area contributed by atoms with E-state index in [-0.39, 0.29) is 42.3 Å². The van der Waals surface area contributed by atoms with Gasteiger partial charge in [0.15, 0.2) is 0 Å². The fourth-order valence-corrected chi connectivity index (χ4v) is 5.11. The summed E-state index contributed by atoms with van der Waals surface area (Å²) in [7, 11) is 3.98. The molecule has 2 fully saturated rings. The SMILES string of the molecule is CN(C)CCCC[C@@H]1NC(=O)[C@H]2C[C@@H](C(=O)NCc3ccc(F)cc3)[C@@H](c3ccc(O)cc3)N2C1=O. The lowest BCUT2D eigenvalue weighted by molar-refractivity contribution is -0.149. The number of amides is 3. The van der Waals surface area contributed by atoms with E-state index in [9.17, 15) is 23.9 Å². The first-order valence-electron chi connectivity index (χ1n) is 12.3. The highest BCUT2D eigenvalue weighted by atomic mass is 19.1. The van der Waals surface area contributed by atoms with Gasteiger partial charge in [-0.15, -0.1) is 0 Å². The van der Waals surface area contributed by atoms with Gasteiger partial charge in [0.05, 0.1) is 12.0 Å². The van der Waals surface area contributed by atoms with Gasteiger partial charge in [-0.05, 0) is 81.7 Å². The molecule has 0 aromatic heterocycles. The predicted octanol–water partition coefficient (Wildman–Crippen LogP) is 2.34. The third kappa shape index (κ3) is 5.67. The van der Waals surface area contributed by atoms with E-state index < -0.39 is 24.0 Å². The number of nitrogens with one attached hydrogen (secondary N) is 2. The van der Waals surface area contributed by atoms with Gasteiger partial charge in [-0.25, -0.2) is 4.39 Å². The Kier molecular flexibility index (Phi) is 7.88. The van der Waals surface area contributed by atoms with Gasteiger partial charge >= 0.3 is 0 Å². The van der Waals surface area contributed by atoms with Crippen molar-refractivity contribution < 1.29 is 23.9 Å². The van der Waals surface area contributed by atoms with Crippen molar-refractivity contribution in [1.29, 1.82) is 0 Å². The number of benzene rings is 2. The van der Waals surface area contributed by atoms with Crippen LogP contribution < -0.4 is 10.6 Å². The summed E-state index contributed by atoms with van der Waals surface area (Å²) in [5.41, 5.74) is 1.43. The molecule has 4 rings (SSSR count). The van der Waals surface area contributed by atoms with Crippen LogP contribution in [0, 0.1) is 11.7 Å². The molecule has 3 N–H and O–H groups in total. The molecule has 2 heterocycles. The van der Waals surface area contributed by atoms with E-state index in [1.165, 1.54) is 24.3 Å². The lowest BCUT2D eigenvalue weighted by atomic mass is 9.92. The molecule has 0 saturated carbocycles. The van der Waals surface area contributed by atoms with Crippen LogP contribution in [0.5, 0.6) is 5.75 Å². The number of carbonyl (C=O) groups is 3. The molecule has 0 radical (unpaired) electrons. The van der Waals surface area contributed by atoms with E-state index in [2.05, 4.69) is 15.5 Å². The van der Waals surface area contributed by atoms with Crippen molar-refractivity contribution in [2.24, 2.45) is 5.92 Å². The quantitative estimate of drug-likeness (QED) is 0.463. The summed E-state index contributed by atoms with van der Waals surface area (Å²) in [5, 5.41) is 15.5. The van der Waals surface area contributed by atoms with Gasteiger partial charge in [-0.3, -0.25) is 14.4 Å². The summed E-state index contributed by atoms with van der Waals surface area (Å²) >= 11 is 0. The molecule has 0 aliphatic carbocycles. The van der Waals surface area contributed by atoms with Crippen molar-refractivity contribution in [3.63, 3.8) is 0 Å². The summed E-state index contributed by atoms with van der Waals surface area (Å²) < 4.78 is 13.2. The van der Waals surface area contributed by atoms with Crippen molar-refractivity contribution >= 4 is 17.7 Å². The number of rotatable bonds is 9. The second-order valence-corrected chi connectivity index (χ2v) is 9.84. The number of aromatic hydroxyl groups is 1. The molecule has 4 atom stereocenters. The van der Waals surface area contributed by atoms with Gasteiger partial charge in [0, 0.05) is 6.54 Å². The third-order valence-corrected chi connectivity index (χ3v) is 6.97. The Hall–Kier alpha value is -3.46. The minimum Gasteiger partial charge on any atom is -0.508 e. The zero-order valence-corrected chi connectivity index (χ0v) is 20.6. The fraction of sp³-hybridized carbons (Fsp3) is 0.444. The van der Waals surface area contributed by atoms with Crippen LogP contribution in [-0.2, 0) is 20.9 Å². The number of fused-ring (bicyclic) bond motifs is 1. The maximum absolute atomic E-state index is 13.6. The summed E-state index contributed by atoms with van der Waals surface area (Å²) in [4.78, 5) is 43.6. The molecule has 0 bridgehead atoms. The maximum atomic E-state index is 13.6. The summed E-state index contributed by atoms with van der Waals surface area (Å²) in [6, 6.07) is 10.3. The van der Waals surface area contributed by atoms with Crippen LogP contribution in [0.2, 0.25) is 0 Å². The molecule has 8 nitrogen and oxygen atoms in total. The summed E-state index contributed by atoms with van der Waals surface area (Å²) in [6.07, 6.45) is 2.43. The van der Waals surface area contributed by atoms with E-state index in [1.54, 1.807) is 29.2 Å². The molecule has 2 saturated heterocycles. The molecular weight excluding hydrogens is 463 g/mol. The number of unbranched alkanes of at least 4 members (excludes halogenated alkanes) is 1. The Bertz CT molecular complexity index is 1090. The molecule has 2 aromatic rings. The van der Waals surface area contributed by atoms with Crippen molar-refractivity contribution in [1.82, 2.24) is 20.4 Å². The Morgan fingerprint density at radius 3 is 2.47 bits per heavy atom. The number of phenols is 1. The first-order chi connectivity index (χ1) is 17.2. The lowest BCUT2D eigenvalue weighted by Gasteiger charge is -2.38. The molecule has 9 heteroatoms. The zero-order chi connectivity index (χ0) is 25.8. The Balaban J connectivity index is 1.54. The van der Waals surface area contributed by atoms with Crippen LogP contribution in [0.15, 0.2) is 48.5 Å². The van der Waals surface area contributed by atoms with E-state index in [4.69, 9.17) is 0 Å². The Morgan fingerprint density at radius 1 is 1.11 bits per heavy atom. The van der Waals surface area contributed by atoms with Gasteiger partial charge in [-0.1, -0.05) is 24.3 Å². The Labute approximate surface area is 210 Å². The van der Waals surface area contributed by atoms with Crippen molar-refractivity contribution in [2.75, 3.05) is 20.6 Å². The highest BCUT2D eigenvalue weighted by molar-refractivity contribution is 5.99. The highest BCUT2D eigenvalue weighted by Gasteiger charge is 2.54. The van der Waals surface area contributed by atoms with Gasteiger partial charge < -0.3 is 25.5 Å². The highest BCUT2D eigenvalue weighted by Crippen LogP contribution is 2.43. The lowest BCUT2D eigenvalue weighted by Crippen LogP contribution is -2.61. The molecule has 192 valence electrons. The molecule has 2 aliphatic heterocycles. The molecule has 0 unspecified atom stereocenters. The van der Waals surface area contributed by atoms with Crippen molar-refractivity contribution in [3.05, 3.63) is 65.5 Å². The van der Waals surface area contributed by atoms with Crippen LogP contribution >= 0.6 is 0 Å².